The fourth-order valence-electron chi connectivity index (χ4n) is 4.43. The number of furan rings is 1. The summed E-state index contributed by atoms with van der Waals surface area (Å²) in [5.74, 6) is 0.964. The minimum Gasteiger partial charge on any atom is -0.462 e. The van der Waals surface area contributed by atoms with E-state index in [2.05, 4.69) is 15.3 Å². The van der Waals surface area contributed by atoms with Gasteiger partial charge in [0.2, 0.25) is 5.91 Å². The summed E-state index contributed by atoms with van der Waals surface area (Å²) in [4.78, 5) is 37.5. The first kappa shape index (κ1) is 21.4. The average Bonchev–Trinajstić information content (AvgIpc) is 3.61. The highest BCUT2D eigenvalue weighted by Crippen LogP contribution is 2.25. The van der Waals surface area contributed by atoms with Crippen molar-refractivity contribution in [3.63, 3.8) is 0 Å². The van der Waals surface area contributed by atoms with E-state index in [1.165, 1.54) is 11.3 Å². The van der Waals surface area contributed by atoms with E-state index < -0.39 is 0 Å². The van der Waals surface area contributed by atoms with Crippen molar-refractivity contribution in [2.24, 2.45) is 5.92 Å². The van der Waals surface area contributed by atoms with Gasteiger partial charge in [0.25, 0.3) is 5.91 Å². The summed E-state index contributed by atoms with van der Waals surface area (Å²) in [6.07, 6.45) is 3.41. The molecule has 2 saturated heterocycles. The molecular weight excluding hydrogens is 444 g/mol. The van der Waals surface area contributed by atoms with Gasteiger partial charge in [0.05, 0.1) is 22.8 Å². The van der Waals surface area contributed by atoms with Crippen LogP contribution in [0.5, 0.6) is 0 Å². The van der Waals surface area contributed by atoms with Crippen LogP contribution in [0.1, 0.15) is 28.2 Å². The molecule has 168 valence electrons. The molecule has 3 aromatic rings. The van der Waals surface area contributed by atoms with Gasteiger partial charge < -0.3 is 14.2 Å². The molecule has 0 bridgehead atoms. The van der Waals surface area contributed by atoms with Crippen LogP contribution in [-0.4, -0.2) is 70.8 Å². The SMILES string of the molecule is O=C(c1cccs1)N1CCCC(C(=O)N2CCN(Cc3csc(-c4ccco4)n3)CC2)C1. The number of piperazine rings is 1. The van der Waals surface area contributed by atoms with Gasteiger partial charge in [0.1, 0.15) is 0 Å². The van der Waals surface area contributed by atoms with Gasteiger partial charge in [0.15, 0.2) is 10.8 Å². The lowest BCUT2D eigenvalue weighted by Gasteiger charge is -2.38. The van der Waals surface area contributed by atoms with E-state index in [0.29, 0.717) is 6.54 Å². The highest BCUT2D eigenvalue weighted by atomic mass is 32.1. The number of hydrogen-bond donors (Lipinski definition) is 0. The van der Waals surface area contributed by atoms with Crippen molar-refractivity contribution in [1.82, 2.24) is 19.7 Å². The van der Waals surface area contributed by atoms with E-state index in [-0.39, 0.29) is 17.7 Å². The first-order valence-corrected chi connectivity index (χ1v) is 12.8. The van der Waals surface area contributed by atoms with Crippen LogP contribution in [0.25, 0.3) is 10.8 Å². The number of hydrogen-bond acceptors (Lipinski definition) is 7. The first-order chi connectivity index (χ1) is 15.7. The zero-order valence-electron chi connectivity index (χ0n) is 17.8. The molecule has 1 unspecified atom stereocenters. The normalized spacial score (nSPS) is 19.9. The molecular formula is C23H26N4O3S2. The maximum atomic E-state index is 13.2. The molecule has 7 nitrogen and oxygen atoms in total. The standard InChI is InChI=1S/C23H26N4O3S2/c28-22(17-4-1-7-27(14-17)23(29)20-6-3-13-31-20)26-10-8-25(9-11-26)15-18-16-32-21(24-18)19-5-2-12-30-19/h2-3,5-6,12-13,16-17H,1,4,7-11,14-15H2. The molecule has 2 amide bonds. The van der Waals surface area contributed by atoms with Crippen molar-refractivity contribution in [3.05, 3.63) is 51.9 Å². The Bertz CT molecular complexity index is 1040. The van der Waals surface area contributed by atoms with Gasteiger partial charge in [0, 0.05) is 51.2 Å². The Hall–Kier alpha value is -2.49. The number of carbonyl (C=O) groups is 2. The number of piperidine rings is 1. The molecule has 1 atom stereocenters. The zero-order valence-corrected chi connectivity index (χ0v) is 19.4. The molecule has 0 spiro atoms. The van der Waals surface area contributed by atoms with Crippen LogP contribution in [0.3, 0.4) is 0 Å². The Morgan fingerprint density at radius 2 is 1.94 bits per heavy atom. The number of likely N-dealkylation sites (tertiary alicyclic amines) is 1. The molecule has 0 saturated carbocycles. The topological polar surface area (TPSA) is 69.9 Å². The molecule has 2 fully saturated rings. The molecule has 3 aromatic heterocycles. The van der Waals surface area contributed by atoms with Crippen LogP contribution in [0.4, 0.5) is 0 Å². The van der Waals surface area contributed by atoms with Crippen LogP contribution in [0, 0.1) is 5.92 Å². The summed E-state index contributed by atoms with van der Waals surface area (Å²) in [6, 6.07) is 7.55. The third kappa shape index (κ3) is 4.65. The fourth-order valence-corrected chi connectivity index (χ4v) is 5.89. The summed E-state index contributed by atoms with van der Waals surface area (Å²) in [7, 11) is 0. The van der Waals surface area contributed by atoms with E-state index >= 15 is 0 Å². The summed E-state index contributed by atoms with van der Waals surface area (Å²) < 4.78 is 5.43. The lowest BCUT2D eigenvalue weighted by atomic mass is 9.96. The quantitative estimate of drug-likeness (QED) is 0.569. The van der Waals surface area contributed by atoms with Crippen molar-refractivity contribution >= 4 is 34.5 Å². The molecule has 0 aromatic carbocycles. The Morgan fingerprint density at radius 3 is 2.69 bits per heavy atom. The number of thiophene rings is 1. The molecule has 0 aliphatic carbocycles. The molecule has 5 heterocycles. The second kappa shape index (κ2) is 9.56. The Labute approximate surface area is 195 Å². The third-order valence-corrected chi connectivity index (χ3v) is 7.91. The number of amides is 2. The summed E-state index contributed by atoms with van der Waals surface area (Å²) >= 11 is 3.06. The van der Waals surface area contributed by atoms with Gasteiger partial charge in [-0.05, 0) is 36.4 Å². The molecule has 32 heavy (non-hydrogen) atoms. The largest absolute Gasteiger partial charge is 0.462 e. The van der Waals surface area contributed by atoms with Gasteiger partial charge in [-0.1, -0.05) is 6.07 Å². The maximum Gasteiger partial charge on any atom is 0.263 e. The summed E-state index contributed by atoms with van der Waals surface area (Å²) in [6.45, 7) is 5.18. The highest BCUT2D eigenvalue weighted by molar-refractivity contribution is 7.13. The number of aromatic nitrogens is 1. The lowest BCUT2D eigenvalue weighted by molar-refractivity contribution is -0.138. The monoisotopic (exact) mass is 470 g/mol. The molecule has 0 radical (unpaired) electrons. The number of carbonyl (C=O) groups excluding carboxylic acids is 2. The molecule has 2 aliphatic rings. The Morgan fingerprint density at radius 1 is 1.06 bits per heavy atom. The van der Waals surface area contributed by atoms with E-state index in [4.69, 9.17) is 4.42 Å². The van der Waals surface area contributed by atoms with Crippen molar-refractivity contribution in [1.29, 1.82) is 0 Å². The fraction of sp³-hybridized carbons (Fsp3) is 0.435. The Kier molecular flexibility index (Phi) is 6.38. The highest BCUT2D eigenvalue weighted by Gasteiger charge is 2.33. The van der Waals surface area contributed by atoms with Crippen molar-refractivity contribution in [2.45, 2.75) is 19.4 Å². The second-order valence-corrected chi connectivity index (χ2v) is 10.1. The van der Waals surface area contributed by atoms with Gasteiger partial charge in [-0.2, -0.15) is 0 Å². The number of rotatable bonds is 5. The minimum absolute atomic E-state index is 0.0551. The van der Waals surface area contributed by atoms with Crippen molar-refractivity contribution in [2.75, 3.05) is 39.3 Å². The zero-order chi connectivity index (χ0) is 21.9. The van der Waals surface area contributed by atoms with E-state index in [0.717, 1.165) is 73.4 Å². The molecule has 2 aliphatic heterocycles. The lowest BCUT2D eigenvalue weighted by Crippen LogP contribution is -2.52. The van der Waals surface area contributed by atoms with Gasteiger partial charge in [-0.3, -0.25) is 14.5 Å². The number of nitrogens with zero attached hydrogens (tertiary/aromatic N) is 4. The molecule has 9 heteroatoms. The van der Waals surface area contributed by atoms with Gasteiger partial charge >= 0.3 is 0 Å². The van der Waals surface area contributed by atoms with Crippen LogP contribution < -0.4 is 0 Å². The van der Waals surface area contributed by atoms with Crippen molar-refractivity contribution < 1.29 is 14.0 Å². The van der Waals surface area contributed by atoms with E-state index in [9.17, 15) is 9.59 Å². The smallest absolute Gasteiger partial charge is 0.263 e. The third-order valence-electron chi connectivity index (χ3n) is 6.14. The predicted molar refractivity (Wildman–Crippen MR) is 125 cm³/mol. The summed E-state index contributed by atoms with van der Waals surface area (Å²) in [5, 5.41) is 4.90. The van der Waals surface area contributed by atoms with Crippen LogP contribution in [0.2, 0.25) is 0 Å². The average molecular weight is 471 g/mol. The minimum atomic E-state index is -0.0893. The van der Waals surface area contributed by atoms with Crippen molar-refractivity contribution in [3.8, 4) is 10.8 Å². The second-order valence-electron chi connectivity index (χ2n) is 8.29. The van der Waals surface area contributed by atoms with E-state index in [1.54, 1.807) is 17.6 Å². The van der Waals surface area contributed by atoms with E-state index in [1.807, 2.05) is 39.4 Å². The summed E-state index contributed by atoms with van der Waals surface area (Å²) in [5.41, 5.74) is 1.04. The van der Waals surface area contributed by atoms with Crippen LogP contribution in [-0.2, 0) is 11.3 Å². The van der Waals surface area contributed by atoms with Gasteiger partial charge in [-0.15, -0.1) is 22.7 Å². The van der Waals surface area contributed by atoms with Crippen LogP contribution >= 0.6 is 22.7 Å². The Balaban J connectivity index is 1.12. The van der Waals surface area contributed by atoms with Gasteiger partial charge in [-0.25, -0.2) is 4.98 Å². The first-order valence-electron chi connectivity index (χ1n) is 11.0. The molecule has 5 rings (SSSR count). The van der Waals surface area contributed by atoms with Crippen LogP contribution in [0.15, 0.2) is 45.7 Å². The predicted octanol–water partition coefficient (Wildman–Crippen LogP) is 3.66. The molecule has 0 N–H and O–H groups in total. The maximum absolute atomic E-state index is 13.2. The number of thiazole rings is 1.